The van der Waals surface area contributed by atoms with E-state index in [9.17, 15) is 8.42 Å². The summed E-state index contributed by atoms with van der Waals surface area (Å²) in [7, 11) is -4.21. The second-order valence-electron chi connectivity index (χ2n) is 3.39. The fourth-order valence-corrected chi connectivity index (χ4v) is 1.94. The molecule has 1 aromatic rings. The third kappa shape index (κ3) is 2.05. The summed E-state index contributed by atoms with van der Waals surface area (Å²) in [5.74, 6) is 0.122. The molecule has 0 bridgehead atoms. The highest BCUT2D eigenvalue weighted by atomic mass is 32.2. The van der Waals surface area contributed by atoms with E-state index in [4.69, 9.17) is 10.3 Å². The number of hydrogen-bond acceptors (Lipinski definition) is 3. The summed E-state index contributed by atoms with van der Waals surface area (Å²) in [6.45, 7) is 3.80. The van der Waals surface area contributed by atoms with Crippen molar-refractivity contribution in [2.24, 2.45) is 0 Å². The van der Waals surface area contributed by atoms with Gasteiger partial charge in [-0.1, -0.05) is 26.0 Å². The Balaban J connectivity index is 3.43. The highest BCUT2D eigenvalue weighted by Gasteiger charge is 2.16. The van der Waals surface area contributed by atoms with Gasteiger partial charge in [-0.3, -0.25) is 4.55 Å². The summed E-state index contributed by atoms with van der Waals surface area (Å²) < 4.78 is 30.7. The van der Waals surface area contributed by atoms with E-state index in [2.05, 4.69) is 0 Å². The van der Waals surface area contributed by atoms with Crippen LogP contribution in [-0.2, 0) is 10.1 Å². The summed E-state index contributed by atoms with van der Waals surface area (Å²) in [5.41, 5.74) is 6.48. The molecule has 0 fully saturated rings. The summed E-state index contributed by atoms with van der Waals surface area (Å²) in [6, 6.07) is 4.60. The maximum atomic E-state index is 10.9. The molecule has 0 aromatic heterocycles. The van der Waals surface area contributed by atoms with E-state index in [0.29, 0.717) is 0 Å². The maximum Gasteiger partial charge on any atom is 0.296 e. The highest BCUT2D eigenvalue weighted by molar-refractivity contribution is 7.86. The molecular formula is C9H13NO3S. The Morgan fingerprint density at radius 1 is 1.36 bits per heavy atom. The van der Waals surface area contributed by atoms with E-state index in [1.807, 2.05) is 13.8 Å². The molecule has 0 unspecified atom stereocenters. The number of nitrogen functional groups attached to an aromatic ring is 1. The Labute approximate surface area is 83.5 Å². The number of hydrogen-bond donors (Lipinski definition) is 2. The van der Waals surface area contributed by atoms with Crippen molar-refractivity contribution in [2.75, 3.05) is 5.73 Å². The summed E-state index contributed by atoms with van der Waals surface area (Å²) in [4.78, 5) is -0.219. The molecule has 0 atom stereocenters. The van der Waals surface area contributed by atoms with Crippen molar-refractivity contribution in [1.29, 1.82) is 0 Å². The van der Waals surface area contributed by atoms with Gasteiger partial charge in [-0.15, -0.1) is 0 Å². The van der Waals surface area contributed by atoms with Crippen LogP contribution in [0.4, 0.5) is 5.69 Å². The van der Waals surface area contributed by atoms with E-state index >= 15 is 0 Å². The second kappa shape index (κ2) is 3.59. The molecule has 3 N–H and O–H groups in total. The average molecular weight is 215 g/mol. The molecule has 0 amide bonds. The molecule has 0 saturated heterocycles. The monoisotopic (exact) mass is 215 g/mol. The first kappa shape index (κ1) is 11.0. The van der Waals surface area contributed by atoms with Gasteiger partial charge in [0.15, 0.2) is 0 Å². The molecule has 78 valence electrons. The van der Waals surface area contributed by atoms with Crippen LogP contribution in [0, 0.1) is 0 Å². The average Bonchev–Trinajstić information content (AvgIpc) is 2.01. The zero-order chi connectivity index (χ0) is 10.9. The zero-order valence-corrected chi connectivity index (χ0v) is 8.88. The summed E-state index contributed by atoms with van der Waals surface area (Å²) >= 11 is 0. The van der Waals surface area contributed by atoms with Crippen LogP contribution in [0.5, 0.6) is 0 Å². The predicted molar refractivity (Wildman–Crippen MR) is 54.8 cm³/mol. The molecule has 0 aliphatic rings. The van der Waals surface area contributed by atoms with Crippen LogP contribution in [0.15, 0.2) is 23.1 Å². The first-order valence-electron chi connectivity index (χ1n) is 4.20. The first-order valence-corrected chi connectivity index (χ1v) is 5.64. The molecule has 0 saturated carbocycles. The molecule has 0 heterocycles. The molecular weight excluding hydrogens is 202 g/mol. The molecule has 1 rings (SSSR count). The van der Waals surface area contributed by atoms with Gasteiger partial charge in [-0.2, -0.15) is 8.42 Å². The van der Waals surface area contributed by atoms with Gasteiger partial charge in [0.25, 0.3) is 10.1 Å². The molecule has 1 aromatic carbocycles. The number of rotatable bonds is 2. The van der Waals surface area contributed by atoms with E-state index in [1.165, 1.54) is 6.07 Å². The van der Waals surface area contributed by atoms with E-state index in [-0.39, 0.29) is 16.5 Å². The Morgan fingerprint density at radius 2 is 1.93 bits per heavy atom. The fourth-order valence-electron chi connectivity index (χ4n) is 1.29. The zero-order valence-electron chi connectivity index (χ0n) is 8.06. The summed E-state index contributed by atoms with van der Waals surface area (Å²) in [6.07, 6.45) is 0. The lowest BCUT2D eigenvalue weighted by molar-refractivity contribution is 0.483. The fraction of sp³-hybridized carbons (Fsp3) is 0.333. The Bertz CT molecular complexity index is 437. The topological polar surface area (TPSA) is 80.4 Å². The van der Waals surface area contributed by atoms with Crippen LogP contribution in [0.25, 0.3) is 0 Å². The van der Waals surface area contributed by atoms with Gasteiger partial charge in [0, 0.05) is 0 Å². The number of anilines is 1. The Morgan fingerprint density at radius 3 is 2.36 bits per heavy atom. The third-order valence-electron chi connectivity index (χ3n) is 2.00. The molecule has 0 aliphatic heterocycles. The third-order valence-corrected chi connectivity index (χ3v) is 2.91. The van der Waals surface area contributed by atoms with Crippen LogP contribution in [0.3, 0.4) is 0 Å². The minimum atomic E-state index is -4.21. The van der Waals surface area contributed by atoms with Crippen LogP contribution in [0.2, 0.25) is 0 Å². The normalized spacial score (nSPS) is 12.0. The Hall–Kier alpha value is -1.07. The van der Waals surface area contributed by atoms with Crippen LogP contribution >= 0.6 is 0 Å². The predicted octanol–water partition coefficient (Wildman–Crippen LogP) is 1.64. The lowest BCUT2D eigenvalue weighted by Crippen LogP contribution is -2.06. The summed E-state index contributed by atoms with van der Waals surface area (Å²) in [5, 5.41) is 0. The number of para-hydroxylation sites is 1. The molecule has 14 heavy (non-hydrogen) atoms. The number of nitrogens with two attached hydrogens (primary N) is 1. The molecule has 0 spiro atoms. The van der Waals surface area contributed by atoms with Gasteiger partial charge in [-0.05, 0) is 17.5 Å². The van der Waals surface area contributed by atoms with Crippen molar-refractivity contribution in [1.82, 2.24) is 0 Å². The van der Waals surface area contributed by atoms with Crippen molar-refractivity contribution in [3.05, 3.63) is 23.8 Å². The SMILES string of the molecule is CC(C)c1cccc(S(=O)(=O)O)c1N. The van der Waals surface area contributed by atoms with E-state index in [0.717, 1.165) is 5.56 Å². The van der Waals surface area contributed by atoms with Crippen molar-refractivity contribution in [3.8, 4) is 0 Å². The van der Waals surface area contributed by atoms with Crippen molar-refractivity contribution < 1.29 is 13.0 Å². The van der Waals surface area contributed by atoms with Crippen molar-refractivity contribution in [2.45, 2.75) is 24.7 Å². The molecule has 5 heteroatoms. The second-order valence-corrected chi connectivity index (χ2v) is 4.78. The highest BCUT2D eigenvalue weighted by Crippen LogP contribution is 2.27. The molecule has 0 radical (unpaired) electrons. The Kier molecular flexibility index (Phi) is 2.82. The molecule has 0 aliphatic carbocycles. The van der Waals surface area contributed by atoms with E-state index in [1.54, 1.807) is 12.1 Å². The van der Waals surface area contributed by atoms with Gasteiger partial charge < -0.3 is 5.73 Å². The lowest BCUT2D eigenvalue weighted by atomic mass is 10.0. The van der Waals surface area contributed by atoms with Crippen LogP contribution < -0.4 is 5.73 Å². The minimum Gasteiger partial charge on any atom is -0.397 e. The van der Waals surface area contributed by atoms with Crippen molar-refractivity contribution in [3.63, 3.8) is 0 Å². The first-order chi connectivity index (χ1) is 6.34. The van der Waals surface area contributed by atoms with Gasteiger partial charge in [0.05, 0.1) is 5.69 Å². The number of benzene rings is 1. The standard InChI is InChI=1S/C9H13NO3S/c1-6(2)7-4-3-5-8(9(7)10)14(11,12)13/h3-6H,10H2,1-2H3,(H,11,12,13). The van der Waals surface area contributed by atoms with Gasteiger partial charge in [0.2, 0.25) is 0 Å². The van der Waals surface area contributed by atoms with Crippen LogP contribution in [0.1, 0.15) is 25.3 Å². The van der Waals surface area contributed by atoms with Gasteiger partial charge in [-0.25, -0.2) is 0 Å². The van der Waals surface area contributed by atoms with Gasteiger partial charge >= 0.3 is 0 Å². The largest absolute Gasteiger partial charge is 0.397 e. The van der Waals surface area contributed by atoms with Crippen LogP contribution in [-0.4, -0.2) is 13.0 Å². The van der Waals surface area contributed by atoms with Gasteiger partial charge in [0.1, 0.15) is 4.90 Å². The molecule has 4 nitrogen and oxygen atoms in total. The maximum absolute atomic E-state index is 10.9. The van der Waals surface area contributed by atoms with Crippen molar-refractivity contribution >= 4 is 15.8 Å². The minimum absolute atomic E-state index is 0.122. The lowest BCUT2D eigenvalue weighted by Gasteiger charge is -2.11. The smallest absolute Gasteiger partial charge is 0.296 e. The van der Waals surface area contributed by atoms with E-state index < -0.39 is 10.1 Å². The quantitative estimate of drug-likeness (QED) is 0.580.